The summed E-state index contributed by atoms with van der Waals surface area (Å²) in [5.74, 6) is 1.52. The summed E-state index contributed by atoms with van der Waals surface area (Å²) in [4.78, 5) is 16.2. The van der Waals surface area contributed by atoms with Crippen LogP contribution >= 0.6 is 0 Å². The number of carbonyl (C=O) groups excluding carboxylic acids is 1. The molecule has 1 heterocycles. The molecule has 3 aromatic carbocycles. The third kappa shape index (κ3) is 4.21. The van der Waals surface area contributed by atoms with Gasteiger partial charge in [0.05, 0.1) is 13.7 Å². The topological polar surface area (TPSA) is 47.9 Å². The van der Waals surface area contributed by atoms with E-state index in [1.54, 1.807) is 14.0 Å². The van der Waals surface area contributed by atoms with Crippen LogP contribution in [-0.4, -0.2) is 18.6 Å². The Morgan fingerprint density at radius 1 is 0.966 bits per heavy atom. The van der Waals surface area contributed by atoms with Crippen LogP contribution in [0.3, 0.4) is 0 Å². The number of fused-ring (bicyclic) bond motifs is 1. The molecule has 0 amide bonds. The maximum absolute atomic E-state index is 11.5. The number of rotatable bonds is 7. The lowest BCUT2D eigenvalue weighted by molar-refractivity contribution is 0.101. The first-order chi connectivity index (χ1) is 14.1. The van der Waals surface area contributed by atoms with Gasteiger partial charge in [-0.2, -0.15) is 0 Å². The largest absolute Gasteiger partial charge is 0.493 e. The van der Waals surface area contributed by atoms with E-state index in [-0.39, 0.29) is 5.78 Å². The number of methoxy groups -OCH3 is 1. The van der Waals surface area contributed by atoms with E-state index in [1.807, 2.05) is 66.7 Å². The monoisotopic (exact) mass is 385 g/mol. The Morgan fingerprint density at radius 2 is 1.72 bits per heavy atom. The standard InChI is InChI=1S/C25H23NO3/c1-17(27)20-10-8-18(9-11-20)12-23-22-14-24(28-2)25(13-21(22)15-26-23)29-16-19-6-4-3-5-7-19/h3-11,13-14H,12,15-16H2,1-2H3. The Labute approximate surface area is 170 Å². The molecule has 0 saturated heterocycles. The molecule has 29 heavy (non-hydrogen) atoms. The van der Waals surface area contributed by atoms with Gasteiger partial charge in [-0.25, -0.2) is 0 Å². The summed E-state index contributed by atoms with van der Waals surface area (Å²) in [5, 5.41) is 0. The summed E-state index contributed by atoms with van der Waals surface area (Å²) in [6.45, 7) is 2.71. The first-order valence-corrected chi connectivity index (χ1v) is 9.65. The molecule has 0 N–H and O–H groups in total. The van der Waals surface area contributed by atoms with Crippen molar-refractivity contribution in [3.8, 4) is 11.5 Å². The number of aliphatic imine (C=N–C) groups is 1. The number of hydrogen-bond donors (Lipinski definition) is 0. The second kappa shape index (κ2) is 8.31. The molecule has 0 saturated carbocycles. The van der Waals surface area contributed by atoms with Crippen molar-refractivity contribution < 1.29 is 14.3 Å². The van der Waals surface area contributed by atoms with Gasteiger partial charge in [0.1, 0.15) is 6.61 Å². The van der Waals surface area contributed by atoms with E-state index in [4.69, 9.17) is 14.5 Å². The van der Waals surface area contributed by atoms with Crippen molar-refractivity contribution in [1.82, 2.24) is 0 Å². The van der Waals surface area contributed by atoms with Crippen LogP contribution in [0.15, 0.2) is 71.7 Å². The van der Waals surface area contributed by atoms with Gasteiger partial charge in [-0.1, -0.05) is 54.6 Å². The lowest BCUT2D eigenvalue weighted by Crippen LogP contribution is -2.05. The van der Waals surface area contributed by atoms with Gasteiger partial charge in [0.15, 0.2) is 17.3 Å². The zero-order valence-electron chi connectivity index (χ0n) is 16.6. The van der Waals surface area contributed by atoms with Gasteiger partial charge < -0.3 is 9.47 Å². The van der Waals surface area contributed by atoms with E-state index < -0.39 is 0 Å². The van der Waals surface area contributed by atoms with E-state index in [0.29, 0.717) is 18.9 Å². The molecule has 4 rings (SSSR count). The van der Waals surface area contributed by atoms with Crippen molar-refractivity contribution in [2.75, 3.05) is 7.11 Å². The van der Waals surface area contributed by atoms with Crippen molar-refractivity contribution in [2.45, 2.75) is 26.5 Å². The normalized spacial score (nSPS) is 12.3. The maximum Gasteiger partial charge on any atom is 0.162 e. The predicted molar refractivity (Wildman–Crippen MR) is 114 cm³/mol. The van der Waals surface area contributed by atoms with Gasteiger partial charge in [-0.05, 0) is 35.7 Å². The summed E-state index contributed by atoms with van der Waals surface area (Å²) in [6, 6.07) is 21.9. The summed E-state index contributed by atoms with van der Waals surface area (Å²) in [6.07, 6.45) is 0.721. The Balaban J connectivity index is 1.52. The molecule has 0 fully saturated rings. The molecule has 3 aromatic rings. The van der Waals surface area contributed by atoms with Crippen LogP contribution in [0.2, 0.25) is 0 Å². The highest BCUT2D eigenvalue weighted by molar-refractivity contribution is 6.05. The number of carbonyl (C=O) groups is 1. The van der Waals surface area contributed by atoms with Crippen LogP contribution in [0.4, 0.5) is 0 Å². The number of Topliss-reactive ketones (excluding diaryl/α,β-unsaturated/α-hetero) is 1. The van der Waals surface area contributed by atoms with E-state index in [2.05, 4.69) is 0 Å². The van der Waals surface area contributed by atoms with E-state index in [0.717, 1.165) is 45.7 Å². The minimum atomic E-state index is 0.0767. The predicted octanol–water partition coefficient (Wildman–Crippen LogP) is 5.02. The van der Waals surface area contributed by atoms with Crippen LogP contribution in [-0.2, 0) is 19.6 Å². The minimum Gasteiger partial charge on any atom is -0.493 e. The number of ether oxygens (including phenoxy) is 2. The van der Waals surface area contributed by atoms with Crippen molar-refractivity contribution in [2.24, 2.45) is 4.99 Å². The molecule has 1 aliphatic rings. The summed E-state index contributed by atoms with van der Waals surface area (Å²) >= 11 is 0. The lowest BCUT2D eigenvalue weighted by atomic mass is 9.98. The number of nitrogens with zero attached hydrogens (tertiary/aromatic N) is 1. The second-order valence-electron chi connectivity index (χ2n) is 7.13. The molecule has 0 atom stereocenters. The van der Waals surface area contributed by atoms with E-state index in [9.17, 15) is 4.79 Å². The average Bonchev–Trinajstić information content (AvgIpc) is 3.14. The fourth-order valence-corrected chi connectivity index (χ4v) is 3.48. The first kappa shape index (κ1) is 18.9. The SMILES string of the molecule is COc1cc2c(cc1OCc1ccccc1)CN=C2Cc1ccc(C(C)=O)cc1. The van der Waals surface area contributed by atoms with Gasteiger partial charge >= 0.3 is 0 Å². The number of hydrogen-bond acceptors (Lipinski definition) is 4. The second-order valence-corrected chi connectivity index (χ2v) is 7.13. The molecular formula is C25H23NO3. The van der Waals surface area contributed by atoms with E-state index in [1.165, 1.54) is 0 Å². The van der Waals surface area contributed by atoms with Crippen molar-refractivity contribution in [3.63, 3.8) is 0 Å². The molecule has 4 heteroatoms. The molecule has 0 aliphatic carbocycles. The van der Waals surface area contributed by atoms with Gasteiger partial charge in [-0.3, -0.25) is 9.79 Å². The molecule has 146 valence electrons. The molecule has 4 nitrogen and oxygen atoms in total. The van der Waals surface area contributed by atoms with Gasteiger partial charge in [0, 0.05) is 23.3 Å². The average molecular weight is 385 g/mol. The number of ketones is 1. The Morgan fingerprint density at radius 3 is 2.41 bits per heavy atom. The zero-order chi connectivity index (χ0) is 20.2. The quantitative estimate of drug-likeness (QED) is 0.537. The van der Waals surface area contributed by atoms with Gasteiger partial charge in [-0.15, -0.1) is 0 Å². The fourth-order valence-electron chi connectivity index (χ4n) is 3.48. The van der Waals surface area contributed by atoms with Crippen LogP contribution in [0.5, 0.6) is 11.5 Å². The Kier molecular flexibility index (Phi) is 5.43. The van der Waals surface area contributed by atoms with E-state index >= 15 is 0 Å². The third-order valence-corrected chi connectivity index (χ3v) is 5.11. The number of benzene rings is 3. The van der Waals surface area contributed by atoms with Crippen LogP contribution < -0.4 is 9.47 Å². The van der Waals surface area contributed by atoms with Crippen LogP contribution in [0.25, 0.3) is 0 Å². The van der Waals surface area contributed by atoms with Crippen molar-refractivity contribution in [3.05, 3.63) is 94.5 Å². The highest BCUT2D eigenvalue weighted by atomic mass is 16.5. The molecule has 0 unspecified atom stereocenters. The molecular weight excluding hydrogens is 362 g/mol. The van der Waals surface area contributed by atoms with Crippen molar-refractivity contribution >= 4 is 11.5 Å². The molecule has 0 bridgehead atoms. The first-order valence-electron chi connectivity index (χ1n) is 9.65. The molecule has 0 aromatic heterocycles. The fraction of sp³-hybridized carbons (Fsp3) is 0.200. The maximum atomic E-state index is 11.5. The summed E-state index contributed by atoms with van der Waals surface area (Å²) in [5.41, 5.74) is 6.24. The molecule has 0 spiro atoms. The van der Waals surface area contributed by atoms with Crippen LogP contribution in [0.1, 0.15) is 39.5 Å². The third-order valence-electron chi connectivity index (χ3n) is 5.11. The van der Waals surface area contributed by atoms with Gasteiger partial charge in [0.2, 0.25) is 0 Å². The highest BCUT2D eigenvalue weighted by Gasteiger charge is 2.20. The Bertz CT molecular complexity index is 1050. The smallest absolute Gasteiger partial charge is 0.162 e. The Hall–Kier alpha value is -3.40. The highest BCUT2D eigenvalue weighted by Crippen LogP contribution is 2.35. The molecule has 0 radical (unpaired) electrons. The minimum absolute atomic E-state index is 0.0767. The van der Waals surface area contributed by atoms with Crippen LogP contribution in [0, 0.1) is 0 Å². The zero-order valence-corrected chi connectivity index (χ0v) is 16.6. The van der Waals surface area contributed by atoms with Crippen molar-refractivity contribution in [1.29, 1.82) is 0 Å². The van der Waals surface area contributed by atoms with Gasteiger partial charge in [0.25, 0.3) is 0 Å². The lowest BCUT2D eigenvalue weighted by Gasteiger charge is -2.14. The summed E-state index contributed by atoms with van der Waals surface area (Å²) < 4.78 is 11.6. The summed E-state index contributed by atoms with van der Waals surface area (Å²) in [7, 11) is 1.66. The molecule has 1 aliphatic heterocycles.